The molecule has 76 valence electrons. The van der Waals surface area contributed by atoms with E-state index in [9.17, 15) is 4.39 Å². The molecule has 0 radical (unpaired) electrons. The predicted octanol–water partition coefficient (Wildman–Crippen LogP) is 2.46. The fourth-order valence-electron chi connectivity index (χ4n) is 1.12. The van der Waals surface area contributed by atoms with Gasteiger partial charge in [-0.2, -0.15) is 0 Å². The van der Waals surface area contributed by atoms with E-state index in [-0.39, 0.29) is 17.1 Å². The van der Waals surface area contributed by atoms with Gasteiger partial charge in [0.1, 0.15) is 6.61 Å². The van der Waals surface area contributed by atoms with E-state index in [0.29, 0.717) is 11.1 Å². The molecule has 0 saturated heterocycles. The van der Waals surface area contributed by atoms with Crippen LogP contribution in [0.5, 0.6) is 5.75 Å². The molecule has 2 rings (SSSR count). The van der Waals surface area contributed by atoms with Crippen molar-refractivity contribution in [3.8, 4) is 5.75 Å². The number of halogens is 2. The van der Waals surface area contributed by atoms with Crippen molar-refractivity contribution in [2.24, 2.45) is 5.73 Å². The Balaban J connectivity index is 2.05. The van der Waals surface area contributed by atoms with Crippen molar-refractivity contribution in [2.75, 3.05) is 6.61 Å². The van der Waals surface area contributed by atoms with Crippen LogP contribution in [0, 0.1) is 5.82 Å². The van der Waals surface area contributed by atoms with E-state index in [1.54, 1.807) is 18.2 Å². The Morgan fingerprint density at radius 1 is 1.50 bits per heavy atom. The van der Waals surface area contributed by atoms with Crippen molar-refractivity contribution in [1.82, 2.24) is 0 Å². The minimum Gasteiger partial charge on any atom is -0.489 e. The number of hydrogen-bond donors (Lipinski definition) is 1. The van der Waals surface area contributed by atoms with Gasteiger partial charge in [0.25, 0.3) is 0 Å². The van der Waals surface area contributed by atoms with Gasteiger partial charge in [0, 0.05) is 0 Å². The molecule has 0 bridgehead atoms. The van der Waals surface area contributed by atoms with Crippen LogP contribution in [0.2, 0.25) is 0 Å². The second kappa shape index (κ2) is 3.51. The van der Waals surface area contributed by atoms with Gasteiger partial charge >= 0.3 is 0 Å². The molecule has 0 aliphatic heterocycles. The largest absolute Gasteiger partial charge is 0.489 e. The van der Waals surface area contributed by atoms with Crippen LogP contribution in [0.1, 0.15) is 12.8 Å². The predicted molar refractivity (Wildman–Crippen MR) is 55.7 cm³/mol. The maximum atomic E-state index is 13.4. The summed E-state index contributed by atoms with van der Waals surface area (Å²) in [7, 11) is 0. The fourth-order valence-corrected chi connectivity index (χ4v) is 1.47. The van der Waals surface area contributed by atoms with Gasteiger partial charge in [-0.05, 0) is 40.9 Å². The van der Waals surface area contributed by atoms with Crippen LogP contribution in [0.25, 0.3) is 0 Å². The molecule has 1 saturated carbocycles. The number of ether oxygens (including phenoxy) is 1. The maximum absolute atomic E-state index is 13.4. The van der Waals surface area contributed by atoms with E-state index in [4.69, 9.17) is 10.5 Å². The summed E-state index contributed by atoms with van der Waals surface area (Å²) in [4.78, 5) is 0. The summed E-state index contributed by atoms with van der Waals surface area (Å²) in [6, 6.07) is 4.97. The average molecular weight is 260 g/mol. The second-order valence-electron chi connectivity index (χ2n) is 3.70. The van der Waals surface area contributed by atoms with E-state index in [2.05, 4.69) is 15.9 Å². The Labute approximate surface area is 90.4 Å². The highest BCUT2D eigenvalue weighted by atomic mass is 79.9. The zero-order valence-electron chi connectivity index (χ0n) is 7.59. The maximum Gasteiger partial charge on any atom is 0.179 e. The number of hydrogen-bond acceptors (Lipinski definition) is 2. The molecule has 1 aliphatic carbocycles. The third-order valence-electron chi connectivity index (χ3n) is 2.32. The normalized spacial score (nSPS) is 17.9. The molecule has 14 heavy (non-hydrogen) atoms. The first-order chi connectivity index (χ1) is 6.61. The number of nitrogens with two attached hydrogens (primary N) is 1. The highest BCUT2D eigenvalue weighted by Crippen LogP contribution is 2.33. The van der Waals surface area contributed by atoms with Crippen LogP contribution in [-0.4, -0.2) is 12.1 Å². The molecule has 1 fully saturated rings. The minimum atomic E-state index is -0.364. The molecule has 0 spiro atoms. The summed E-state index contributed by atoms with van der Waals surface area (Å²) < 4.78 is 19.1. The molecule has 2 N–H and O–H groups in total. The van der Waals surface area contributed by atoms with Gasteiger partial charge in [0.2, 0.25) is 0 Å². The second-order valence-corrected chi connectivity index (χ2v) is 4.56. The van der Waals surface area contributed by atoms with Gasteiger partial charge in [-0.1, -0.05) is 6.07 Å². The van der Waals surface area contributed by atoms with Crippen molar-refractivity contribution in [3.05, 3.63) is 28.5 Å². The van der Waals surface area contributed by atoms with Gasteiger partial charge in [0.05, 0.1) is 10.0 Å². The van der Waals surface area contributed by atoms with Crippen LogP contribution in [0.3, 0.4) is 0 Å². The lowest BCUT2D eigenvalue weighted by atomic mass is 10.3. The van der Waals surface area contributed by atoms with E-state index in [0.717, 1.165) is 12.8 Å². The summed E-state index contributed by atoms with van der Waals surface area (Å²) in [6.45, 7) is 0.389. The first kappa shape index (κ1) is 9.93. The third kappa shape index (κ3) is 2.07. The van der Waals surface area contributed by atoms with E-state index in [1.165, 1.54) is 0 Å². The standard InChI is InChI=1S/C10H11BrFNO/c11-7-2-1-3-8(9(7)12)14-6-10(13)4-5-10/h1-3H,4-6,13H2. The zero-order chi connectivity index (χ0) is 10.2. The Bertz CT molecular complexity index is 352. The molecule has 0 amide bonds. The molecule has 2 nitrogen and oxygen atoms in total. The molecular weight excluding hydrogens is 249 g/mol. The molecule has 1 aliphatic rings. The summed E-state index contributed by atoms with van der Waals surface area (Å²) in [5.74, 6) is -0.104. The Morgan fingerprint density at radius 2 is 2.21 bits per heavy atom. The Kier molecular flexibility index (Phi) is 2.49. The Morgan fingerprint density at radius 3 is 2.86 bits per heavy atom. The molecule has 0 unspecified atom stereocenters. The van der Waals surface area contributed by atoms with E-state index in [1.807, 2.05) is 0 Å². The molecule has 1 aromatic carbocycles. The molecule has 4 heteroatoms. The molecule has 0 aromatic heterocycles. The highest BCUT2D eigenvalue weighted by Gasteiger charge is 2.39. The molecule has 0 atom stereocenters. The zero-order valence-corrected chi connectivity index (χ0v) is 9.18. The van der Waals surface area contributed by atoms with Crippen molar-refractivity contribution in [1.29, 1.82) is 0 Å². The van der Waals surface area contributed by atoms with Crippen LogP contribution in [0.4, 0.5) is 4.39 Å². The van der Waals surface area contributed by atoms with E-state index >= 15 is 0 Å². The Hall–Kier alpha value is -0.610. The SMILES string of the molecule is NC1(COc2cccc(Br)c2F)CC1. The number of rotatable bonds is 3. The summed E-state index contributed by atoms with van der Waals surface area (Å²) in [6.07, 6.45) is 1.92. The first-order valence-corrected chi connectivity index (χ1v) is 5.26. The van der Waals surface area contributed by atoms with E-state index < -0.39 is 0 Å². The summed E-state index contributed by atoms with van der Waals surface area (Å²) in [5, 5.41) is 0. The van der Waals surface area contributed by atoms with Crippen LogP contribution < -0.4 is 10.5 Å². The van der Waals surface area contributed by atoms with Crippen LogP contribution in [-0.2, 0) is 0 Å². The van der Waals surface area contributed by atoms with Crippen molar-refractivity contribution in [3.63, 3.8) is 0 Å². The molecular formula is C10H11BrFNO. The smallest absolute Gasteiger partial charge is 0.179 e. The summed E-state index contributed by atoms with van der Waals surface area (Å²) >= 11 is 3.10. The monoisotopic (exact) mass is 259 g/mol. The van der Waals surface area contributed by atoms with Gasteiger partial charge in [-0.25, -0.2) is 4.39 Å². The van der Waals surface area contributed by atoms with Gasteiger partial charge in [0.15, 0.2) is 11.6 Å². The lowest BCUT2D eigenvalue weighted by molar-refractivity contribution is 0.266. The van der Waals surface area contributed by atoms with Crippen LogP contribution in [0.15, 0.2) is 22.7 Å². The highest BCUT2D eigenvalue weighted by molar-refractivity contribution is 9.10. The quantitative estimate of drug-likeness (QED) is 0.906. The van der Waals surface area contributed by atoms with Crippen molar-refractivity contribution >= 4 is 15.9 Å². The molecule has 1 aromatic rings. The van der Waals surface area contributed by atoms with Gasteiger partial charge in [-0.3, -0.25) is 0 Å². The average Bonchev–Trinajstić information content (AvgIpc) is 2.88. The van der Waals surface area contributed by atoms with Crippen molar-refractivity contribution in [2.45, 2.75) is 18.4 Å². The number of benzene rings is 1. The van der Waals surface area contributed by atoms with Gasteiger partial charge < -0.3 is 10.5 Å². The van der Waals surface area contributed by atoms with Crippen LogP contribution >= 0.6 is 15.9 Å². The minimum absolute atomic E-state index is 0.214. The fraction of sp³-hybridized carbons (Fsp3) is 0.400. The first-order valence-electron chi connectivity index (χ1n) is 4.46. The lowest BCUT2D eigenvalue weighted by Crippen LogP contribution is -2.29. The molecule has 0 heterocycles. The lowest BCUT2D eigenvalue weighted by Gasteiger charge is -2.11. The van der Waals surface area contributed by atoms with Gasteiger partial charge in [-0.15, -0.1) is 0 Å². The topological polar surface area (TPSA) is 35.2 Å². The van der Waals surface area contributed by atoms with Crippen molar-refractivity contribution < 1.29 is 9.13 Å². The summed E-state index contributed by atoms with van der Waals surface area (Å²) in [5.41, 5.74) is 5.61. The third-order valence-corrected chi connectivity index (χ3v) is 2.94.